The number of carbonyl (C=O) groups excluding carboxylic acids is 1. The highest BCUT2D eigenvalue weighted by Gasteiger charge is 2.34. The Hall–Kier alpha value is -3.57. The SMILES string of the molecule is O=C1COc2ncc(CNC[C@@]3(CCc4c(F)cnc5ccc6c(c45)OCCO6)CCNC3)nc2N1. The van der Waals surface area contributed by atoms with E-state index in [1.807, 2.05) is 12.1 Å². The first kappa shape index (κ1) is 22.9. The van der Waals surface area contributed by atoms with Crippen molar-refractivity contribution in [2.24, 2.45) is 5.41 Å². The zero-order chi connectivity index (χ0) is 24.5. The van der Waals surface area contributed by atoms with Crippen LogP contribution < -0.4 is 30.2 Å². The van der Waals surface area contributed by atoms with E-state index in [1.165, 1.54) is 6.20 Å². The first-order valence-electron chi connectivity index (χ1n) is 12.2. The van der Waals surface area contributed by atoms with Gasteiger partial charge in [0.2, 0.25) is 0 Å². The van der Waals surface area contributed by atoms with E-state index >= 15 is 4.39 Å². The largest absolute Gasteiger partial charge is 0.486 e. The van der Waals surface area contributed by atoms with Crippen LogP contribution in [-0.4, -0.2) is 60.3 Å². The first-order chi connectivity index (χ1) is 17.6. The molecule has 10 nitrogen and oxygen atoms in total. The molecular weight excluding hydrogens is 467 g/mol. The fourth-order valence-electron chi connectivity index (χ4n) is 5.16. The summed E-state index contributed by atoms with van der Waals surface area (Å²) in [6, 6.07) is 3.69. The van der Waals surface area contributed by atoms with E-state index in [9.17, 15) is 4.79 Å². The number of hydrogen-bond acceptors (Lipinski definition) is 9. The molecule has 1 amide bonds. The summed E-state index contributed by atoms with van der Waals surface area (Å²) in [4.78, 5) is 24.6. The molecule has 0 spiro atoms. The summed E-state index contributed by atoms with van der Waals surface area (Å²) in [7, 11) is 0. The average Bonchev–Trinajstić information content (AvgIpc) is 3.36. The lowest BCUT2D eigenvalue weighted by Crippen LogP contribution is -2.37. The van der Waals surface area contributed by atoms with E-state index in [1.54, 1.807) is 6.20 Å². The van der Waals surface area contributed by atoms with E-state index in [4.69, 9.17) is 14.2 Å². The number of ether oxygens (including phenoxy) is 3. The quantitative estimate of drug-likeness (QED) is 0.453. The van der Waals surface area contributed by atoms with Crippen LogP contribution in [0, 0.1) is 11.2 Å². The van der Waals surface area contributed by atoms with Crippen molar-refractivity contribution < 1.29 is 23.4 Å². The van der Waals surface area contributed by atoms with Crippen molar-refractivity contribution in [3.63, 3.8) is 0 Å². The smallest absolute Gasteiger partial charge is 0.263 e. The third-order valence-corrected chi connectivity index (χ3v) is 7.02. The van der Waals surface area contributed by atoms with Gasteiger partial charge in [-0.3, -0.25) is 9.78 Å². The van der Waals surface area contributed by atoms with Gasteiger partial charge >= 0.3 is 0 Å². The molecule has 2 aromatic heterocycles. The van der Waals surface area contributed by atoms with E-state index < -0.39 is 0 Å². The van der Waals surface area contributed by atoms with Crippen molar-refractivity contribution in [2.45, 2.75) is 25.8 Å². The predicted molar refractivity (Wildman–Crippen MR) is 129 cm³/mol. The molecule has 1 fully saturated rings. The number of pyridine rings is 1. The molecule has 0 saturated carbocycles. The normalized spacial score (nSPS) is 20.6. The number of nitrogens with zero attached hydrogens (tertiary/aromatic N) is 3. The molecule has 11 heteroatoms. The number of benzene rings is 1. The summed E-state index contributed by atoms with van der Waals surface area (Å²) in [6.45, 7) is 3.82. The van der Waals surface area contributed by atoms with Gasteiger partial charge in [-0.05, 0) is 43.4 Å². The number of anilines is 1. The minimum atomic E-state index is -0.326. The highest BCUT2D eigenvalue weighted by atomic mass is 19.1. The number of amides is 1. The number of halogens is 1. The van der Waals surface area contributed by atoms with E-state index in [-0.39, 0.29) is 23.7 Å². The zero-order valence-corrected chi connectivity index (χ0v) is 19.7. The molecule has 6 rings (SSSR count). The Labute approximate surface area is 207 Å². The molecule has 3 aromatic rings. The zero-order valence-electron chi connectivity index (χ0n) is 19.7. The number of aryl methyl sites for hydroxylation is 1. The molecule has 3 aliphatic heterocycles. The number of carbonyl (C=O) groups is 1. The lowest BCUT2D eigenvalue weighted by molar-refractivity contribution is -0.118. The Kier molecular flexibility index (Phi) is 6.02. The lowest BCUT2D eigenvalue weighted by atomic mass is 9.80. The fourth-order valence-corrected chi connectivity index (χ4v) is 5.16. The van der Waals surface area contributed by atoms with Crippen molar-refractivity contribution in [3.05, 3.63) is 41.6 Å². The molecule has 1 atom stereocenters. The number of nitrogens with one attached hydrogen (secondary N) is 3. The first-order valence-corrected chi connectivity index (χ1v) is 12.2. The van der Waals surface area contributed by atoms with Crippen LogP contribution in [0.4, 0.5) is 10.2 Å². The van der Waals surface area contributed by atoms with Crippen LogP contribution in [0.25, 0.3) is 10.9 Å². The molecule has 0 unspecified atom stereocenters. The van der Waals surface area contributed by atoms with Crippen molar-refractivity contribution in [3.8, 4) is 17.4 Å². The number of aromatic nitrogens is 3. The molecule has 3 N–H and O–H groups in total. The highest BCUT2D eigenvalue weighted by Crippen LogP contribution is 2.41. The van der Waals surface area contributed by atoms with Gasteiger partial charge in [-0.2, -0.15) is 0 Å². The Bertz CT molecular complexity index is 1310. The van der Waals surface area contributed by atoms with Crippen molar-refractivity contribution >= 4 is 22.6 Å². The van der Waals surface area contributed by atoms with Crippen molar-refractivity contribution in [1.82, 2.24) is 25.6 Å². The summed E-state index contributed by atoms with van der Waals surface area (Å²) in [5, 5.41) is 10.3. The molecule has 5 heterocycles. The van der Waals surface area contributed by atoms with Crippen LogP contribution in [0.1, 0.15) is 24.1 Å². The molecule has 188 valence electrons. The van der Waals surface area contributed by atoms with Crippen molar-refractivity contribution in [2.75, 3.05) is 44.8 Å². The number of hydrogen-bond donors (Lipinski definition) is 3. The van der Waals surface area contributed by atoms with Gasteiger partial charge < -0.3 is 30.2 Å². The molecule has 1 saturated heterocycles. The topological polar surface area (TPSA) is 120 Å². The molecule has 0 aliphatic carbocycles. The second-order valence-corrected chi connectivity index (χ2v) is 9.45. The minimum absolute atomic E-state index is 0.0484. The van der Waals surface area contributed by atoms with Crippen LogP contribution in [0.5, 0.6) is 17.4 Å². The molecule has 1 aromatic carbocycles. The molecular formula is C25H27FN6O4. The van der Waals surface area contributed by atoms with Gasteiger partial charge in [-0.1, -0.05) is 0 Å². The second-order valence-electron chi connectivity index (χ2n) is 9.45. The summed E-state index contributed by atoms with van der Waals surface area (Å²) in [5.41, 5.74) is 1.97. The maximum Gasteiger partial charge on any atom is 0.263 e. The standard InChI is InChI=1S/C25H27FN6O4/c26-17-11-29-18-1-2-19-22(35-8-7-34-19)21(18)16(17)3-4-25(5-6-27-13-25)14-28-9-15-10-30-24-23(31-15)32-20(33)12-36-24/h1-2,10-11,27-28H,3-9,12-14H2,(H,31,32,33)/t25-/m0/s1. The Morgan fingerprint density at radius 1 is 1.14 bits per heavy atom. The van der Waals surface area contributed by atoms with Crippen LogP contribution in [0.15, 0.2) is 24.5 Å². The second kappa shape index (κ2) is 9.47. The van der Waals surface area contributed by atoms with Crippen molar-refractivity contribution in [1.29, 1.82) is 0 Å². The van der Waals surface area contributed by atoms with E-state index in [0.717, 1.165) is 32.5 Å². The predicted octanol–water partition coefficient (Wildman–Crippen LogP) is 1.97. The Morgan fingerprint density at radius 3 is 2.94 bits per heavy atom. The minimum Gasteiger partial charge on any atom is -0.486 e. The molecule has 36 heavy (non-hydrogen) atoms. The average molecular weight is 495 g/mol. The van der Waals surface area contributed by atoms with Gasteiger partial charge in [-0.15, -0.1) is 0 Å². The third kappa shape index (κ3) is 4.40. The van der Waals surface area contributed by atoms with Gasteiger partial charge in [0.25, 0.3) is 11.8 Å². The van der Waals surface area contributed by atoms with E-state index in [2.05, 4.69) is 30.9 Å². The van der Waals surface area contributed by atoms with Gasteiger partial charge in [0.1, 0.15) is 19.0 Å². The number of rotatable bonds is 7. The molecule has 0 radical (unpaired) electrons. The maximum absolute atomic E-state index is 15.1. The van der Waals surface area contributed by atoms with Crippen LogP contribution in [0.3, 0.4) is 0 Å². The van der Waals surface area contributed by atoms with Gasteiger partial charge in [0, 0.05) is 25.2 Å². The Balaban J connectivity index is 1.17. The molecule has 0 bridgehead atoms. The lowest BCUT2D eigenvalue weighted by Gasteiger charge is -2.29. The Morgan fingerprint density at radius 2 is 2.06 bits per heavy atom. The molecule has 3 aliphatic rings. The van der Waals surface area contributed by atoms with E-state index in [0.29, 0.717) is 71.5 Å². The van der Waals surface area contributed by atoms with Gasteiger partial charge in [-0.25, -0.2) is 14.4 Å². The maximum atomic E-state index is 15.1. The summed E-state index contributed by atoms with van der Waals surface area (Å²) < 4.78 is 32.0. The summed E-state index contributed by atoms with van der Waals surface area (Å²) in [5.74, 6) is 1.32. The monoisotopic (exact) mass is 494 g/mol. The fraction of sp³-hybridized carbons (Fsp3) is 0.440. The summed E-state index contributed by atoms with van der Waals surface area (Å²) in [6.07, 6.45) is 5.25. The summed E-state index contributed by atoms with van der Waals surface area (Å²) >= 11 is 0. The third-order valence-electron chi connectivity index (χ3n) is 7.02. The number of fused-ring (bicyclic) bond motifs is 4. The van der Waals surface area contributed by atoms with Gasteiger partial charge in [0.15, 0.2) is 23.9 Å². The highest BCUT2D eigenvalue weighted by molar-refractivity contribution is 5.93. The van der Waals surface area contributed by atoms with Gasteiger partial charge in [0.05, 0.1) is 29.0 Å². The van der Waals surface area contributed by atoms with Crippen LogP contribution in [-0.2, 0) is 17.8 Å². The van der Waals surface area contributed by atoms with Crippen LogP contribution in [0.2, 0.25) is 0 Å². The van der Waals surface area contributed by atoms with Crippen LogP contribution >= 0.6 is 0 Å².